The van der Waals surface area contributed by atoms with E-state index in [1.807, 2.05) is 39.0 Å². The number of benzene rings is 2. The first-order valence-corrected chi connectivity index (χ1v) is 14.4. The van der Waals surface area contributed by atoms with Crippen LogP contribution in [0.2, 0.25) is 5.02 Å². The lowest BCUT2D eigenvalue weighted by Gasteiger charge is -2.27. The van der Waals surface area contributed by atoms with Crippen LogP contribution in [0, 0.1) is 22.0 Å². The highest BCUT2D eigenvalue weighted by Crippen LogP contribution is 2.27. The molecular formula is C30H40ClN5O6. The lowest BCUT2D eigenvalue weighted by atomic mass is 9.99. The Kier molecular flexibility index (Phi) is 13.4. The van der Waals surface area contributed by atoms with Crippen molar-refractivity contribution >= 4 is 46.6 Å². The third-order valence-corrected chi connectivity index (χ3v) is 6.73. The van der Waals surface area contributed by atoms with Crippen LogP contribution in [0.3, 0.4) is 0 Å². The molecule has 228 valence electrons. The maximum Gasteiger partial charge on any atom is 0.271 e. The smallest absolute Gasteiger partial charge is 0.271 e. The molecule has 4 N–H and O–H groups in total. The predicted molar refractivity (Wildman–Crippen MR) is 162 cm³/mol. The summed E-state index contributed by atoms with van der Waals surface area (Å²) in [4.78, 5) is 62.9. The van der Waals surface area contributed by atoms with E-state index in [-0.39, 0.29) is 47.0 Å². The number of halogens is 1. The molecule has 12 heteroatoms. The minimum Gasteiger partial charge on any atom is -0.344 e. The zero-order valence-corrected chi connectivity index (χ0v) is 25.4. The minimum atomic E-state index is -1.07. The van der Waals surface area contributed by atoms with Crippen LogP contribution < -0.4 is 21.3 Å². The third-order valence-electron chi connectivity index (χ3n) is 6.42. The van der Waals surface area contributed by atoms with Crippen molar-refractivity contribution in [1.29, 1.82) is 0 Å². The van der Waals surface area contributed by atoms with Gasteiger partial charge in [0.25, 0.3) is 5.69 Å². The van der Waals surface area contributed by atoms with Gasteiger partial charge in [-0.3, -0.25) is 29.3 Å². The van der Waals surface area contributed by atoms with Gasteiger partial charge in [0.05, 0.1) is 15.6 Å². The number of nitrogens with zero attached hydrogens (tertiary/aromatic N) is 1. The van der Waals surface area contributed by atoms with Gasteiger partial charge in [-0.15, -0.1) is 0 Å². The lowest BCUT2D eigenvalue weighted by molar-refractivity contribution is -0.384. The number of amides is 4. The Balaban J connectivity index is 2.29. The van der Waals surface area contributed by atoms with Gasteiger partial charge in [-0.2, -0.15) is 0 Å². The molecule has 2 aromatic rings. The quantitative estimate of drug-likeness (QED) is 0.175. The summed E-state index contributed by atoms with van der Waals surface area (Å²) in [7, 11) is 0. The molecule has 0 aliphatic rings. The SMILES string of the molecule is CCCC(=O)N[C@H](C(=O)N[C@@H](CC(C)C)C(=O)N[C@@H](Cc1ccccc1)C(=O)Nc1ccc([N+](=O)[O-])cc1Cl)C(C)C. The Morgan fingerprint density at radius 1 is 0.881 bits per heavy atom. The molecule has 0 aliphatic carbocycles. The molecular weight excluding hydrogens is 562 g/mol. The first-order chi connectivity index (χ1) is 19.8. The zero-order chi connectivity index (χ0) is 31.4. The van der Waals surface area contributed by atoms with E-state index < -0.39 is 40.8 Å². The van der Waals surface area contributed by atoms with E-state index in [1.54, 1.807) is 26.0 Å². The van der Waals surface area contributed by atoms with Gasteiger partial charge in [0, 0.05) is 25.0 Å². The van der Waals surface area contributed by atoms with Gasteiger partial charge in [0.15, 0.2) is 0 Å². The number of nitro benzene ring substituents is 1. The van der Waals surface area contributed by atoms with Crippen LogP contribution >= 0.6 is 11.6 Å². The molecule has 11 nitrogen and oxygen atoms in total. The van der Waals surface area contributed by atoms with Crippen LogP contribution in [-0.4, -0.2) is 46.7 Å². The predicted octanol–water partition coefficient (Wildman–Crippen LogP) is 4.39. The van der Waals surface area contributed by atoms with Crippen molar-refractivity contribution in [2.75, 3.05) is 5.32 Å². The first kappa shape index (κ1) is 34.2. The van der Waals surface area contributed by atoms with Gasteiger partial charge in [0.1, 0.15) is 18.1 Å². The highest BCUT2D eigenvalue weighted by Gasteiger charge is 2.31. The first-order valence-electron chi connectivity index (χ1n) is 14.0. The van der Waals surface area contributed by atoms with Crippen molar-refractivity contribution in [2.45, 2.75) is 78.4 Å². The average molecular weight is 602 g/mol. The molecule has 0 saturated heterocycles. The molecule has 0 saturated carbocycles. The molecule has 0 aliphatic heterocycles. The molecule has 2 aromatic carbocycles. The van der Waals surface area contributed by atoms with E-state index in [2.05, 4.69) is 21.3 Å². The molecule has 0 unspecified atom stereocenters. The van der Waals surface area contributed by atoms with E-state index in [0.29, 0.717) is 12.8 Å². The highest BCUT2D eigenvalue weighted by molar-refractivity contribution is 6.34. The van der Waals surface area contributed by atoms with Gasteiger partial charge in [-0.1, -0.05) is 76.6 Å². The van der Waals surface area contributed by atoms with E-state index >= 15 is 0 Å². The molecule has 4 amide bonds. The van der Waals surface area contributed by atoms with Crippen LogP contribution in [0.5, 0.6) is 0 Å². The molecule has 3 atom stereocenters. The number of carbonyl (C=O) groups is 4. The van der Waals surface area contributed by atoms with Gasteiger partial charge < -0.3 is 21.3 Å². The number of carbonyl (C=O) groups excluding carboxylic acids is 4. The van der Waals surface area contributed by atoms with Crippen LogP contribution in [-0.2, 0) is 25.6 Å². The van der Waals surface area contributed by atoms with E-state index in [1.165, 1.54) is 12.1 Å². The van der Waals surface area contributed by atoms with E-state index in [9.17, 15) is 29.3 Å². The molecule has 42 heavy (non-hydrogen) atoms. The fourth-order valence-electron chi connectivity index (χ4n) is 4.24. The molecule has 2 rings (SSSR count). The Labute approximate surface area is 251 Å². The number of non-ortho nitro benzene ring substituents is 1. The van der Waals surface area contributed by atoms with Crippen molar-refractivity contribution in [1.82, 2.24) is 16.0 Å². The summed E-state index contributed by atoms with van der Waals surface area (Å²) in [5.74, 6) is -2.10. The number of anilines is 1. The molecule has 0 radical (unpaired) electrons. The van der Waals surface area contributed by atoms with Gasteiger partial charge >= 0.3 is 0 Å². The second-order valence-electron chi connectivity index (χ2n) is 10.9. The highest BCUT2D eigenvalue weighted by atomic mass is 35.5. The second-order valence-corrected chi connectivity index (χ2v) is 11.3. The fraction of sp³-hybridized carbons (Fsp3) is 0.467. The topological polar surface area (TPSA) is 160 Å². The van der Waals surface area contributed by atoms with Crippen molar-refractivity contribution < 1.29 is 24.1 Å². The molecule has 0 aromatic heterocycles. The number of hydrogen-bond acceptors (Lipinski definition) is 6. The Bertz CT molecular complexity index is 1250. The van der Waals surface area contributed by atoms with Crippen molar-refractivity contribution in [3.05, 3.63) is 69.2 Å². The van der Waals surface area contributed by atoms with Crippen LogP contribution in [0.1, 0.15) is 59.4 Å². The standard InChI is InChI=1S/C30H40ClN5O6/c1-6-10-26(37)35-27(19(4)5)30(40)34-24(15-18(2)3)28(38)33-25(16-20-11-8-7-9-12-20)29(39)32-23-14-13-21(36(41)42)17-22(23)31/h7-9,11-14,17-19,24-25,27H,6,10,15-16H2,1-5H3,(H,32,39)(H,33,38)(H,34,40)(H,35,37)/t24-,25-,27-/m0/s1. The monoisotopic (exact) mass is 601 g/mol. The van der Waals surface area contributed by atoms with Crippen molar-refractivity contribution in [3.63, 3.8) is 0 Å². The summed E-state index contributed by atoms with van der Waals surface area (Å²) in [6, 6.07) is 9.84. The van der Waals surface area contributed by atoms with Crippen LogP contribution in [0.15, 0.2) is 48.5 Å². The maximum atomic E-state index is 13.6. The van der Waals surface area contributed by atoms with Gasteiger partial charge in [-0.05, 0) is 36.3 Å². The summed E-state index contributed by atoms with van der Waals surface area (Å²) >= 11 is 6.18. The van der Waals surface area contributed by atoms with E-state index in [0.717, 1.165) is 11.6 Å². The van der Waals surface area contributed by atoms with Gasteiger partial charge in [-0.25, -0.2) is 0 Å². The molecule has 0 fully saturated rings. The fourth-order valence-corrected chi connectivity index (χ4v) is 4.46. The lowest BCUT2D eigenvalue weighted by Crippen LogP contribution is -2.57. The summed E-state index contributed by atoms with van der Waals surface area (Å²) in [5, 5.41) is 22.0. The minimum absolute atomic E-state index is 0.0218. The van der Waals surface area contributed by atoms with Gasteiger partial charge in [0.2, 0.25) is 23.6 Å². The largest absolute Gasteiger partial charge is 0.344 e. The van der Waals surface area contributed by atoms with Crippen LogP contribution in [0.25, 0.3) is 0 Å². The Morgan fingerprint density at radius 3 is 2.07 bits per heavy atom. The number of rotatable bonds is 15. The Morgan fingerprint density at radius 2 is 1.52 bits per heavy atom. The van der Waals surface area contributed by atoms with Crippen molar-refractivity contribution in [2.24, 2.45) is 11.8 Å². The number of nitrogens with one attached hydrogen (secondary N) is 4. The van der Waals surface area contributed by atoms with Crippen LogP contribution in [0.4, 0.5) is 11.4 Å². The molecule has 0 spiro atoms. The normalized spacial score (nSPS) is 13.1. The maximum absolute atomic E-state index is 13.6. The average Bonchev–Trinajstić information content (AvgIpc) is 2.92. The zero-order valence-electron chi connectivity index (χ0n) is 24.6. The molecule has 0 bridgehead atoms. The van der Waals surface area contributed by atoms with Crippen molar-refractivity contribution in [3.8, 4) is 0 Å². The third kappa shape index (κ3) is 10.8. The Hall–Kier alpha value is -3.99. The number of nitro groups is 1. The summed E-state index contributed by atoms with van der Waals surface area (Å²) < 4.78 is 0. The summed E-state index contributed by atoms with van der Waals surface area (Å²) in [5.41, 5.74) is 0.690. The summed E-state index contributed by atoms with van der Waals surface area (Å²) in [6.45, 7) is 9.28. The number of hydrogen-bond donors (Lipinski definition) is 4. The molecule has 0 heterocycles. The summed E-state index contributed by atoms with van der Waals surface area (Å²) in [6.07, 6.45) is 1.33. The second kappa shape index (κ2) is 16.5. The van der Waals surface area contributed by atoms with E-state index in [4.69, 9.17) is 11.6 Å².